The highest BCUT2D eigenvalue weighted by Crippen LogP contribution is 2.45. The van der Waals surface area contributed by atoms with Gasteiger partial charge >= 0.3 is 0 Å². The van der Waals surface area contributed by atoms with E-state index in [0.29, 0.717) is 0 Å². The van der Waals surface area contributed by atoms with Crippen molar-refractivity contribution in [1.29, 1.82) is 0 Å². The molecule has 64 valence electrons. The summed E-state index contributed by atoms with van der Waals surface area (Å²) in [5.74, 6) is 0.152. The molecule has 1 aliphatic rings. The number of nitrogens with two attached hydrogens (primary N) is 1. The van der Waals surface area contributed by atoms with Crippen LogP contribution in [-0.4, -0.2) is 16.3 Å². The smallest absolute Gasteiger partial charge is 0.161 e. The predicted molar refractivity (Wildman–Crippen MR) is 45.1 cm³/mol. The number of aromatic hydroxyl groups is 2. The molecule has 1 aliphatic carbocycles. The van der Waals surface area contributed by atoms with E-state index in [1.54, 1.807) is 12.1 Å². The Labute approximate surface area is 70.4 Å². The Morgan fingerprint density at radius 1 is 1.33 bits per heavy atom. The third-order valence-electron chi connectivity index (χ3n) is 2.29. The zero-order valence-corrected chi connectivity index (χ0v) is 6.57. The van der Waals surface area contributed by atoms with Crippen LogP contribution in [0.25, 0.3) is 0 Å². The quantitative estimate of drug-likeness (QED) is 0.542. The summed E-state index contributed by atoms with van der Waals surface area (Å²) < 4.78 is 0. The van der Waals surface area contributed by atoms with Crippen LogP contribution in [0.3, 0.4) is 0 Å². The van der Waals surface area contributed by atoms with E-state index in [2.05, 4.69) is 0 Å². The van der Waals surface area contributed by atoms with Crippen molar-refractivity contribution in [3.63, 3.8) is 0 Å². The van der Waals surface area contributed by atoms with E-state index in [4.69, 9.17) is 5.73 Å². The molecule has 0 bridgehead atoms. The number of benzene rings is 1. The maximum Gasteiger partial charge on any atom is 0.161 e. The molecule has 2 rings (SSSR count). The van der Waals surface area contributed by atoms with Gasteiger partial charge in [-0.2, -0.15) is 0 Å². The predicted octanol–water partition coefficient (Wildman–Crippen LogP) is 0.912. The normalized spacial score (nSPS) is 27.1. The summed E-state index contributed by atoms with van der Waals surface area (Å²) in [6.07, 6.45) is 0.900. The highest BCUT2D eigenvalue weighted by atomic mass is 16.3. The van der Waals surface area contributed by atoms with Crippen LogP contribution in [0.2, 0.25) is 0 Å². The minimum absolute atomic E-state index is 0.0181. The van der Waals surface area contributed by atoms with Crippen LogP contribution in [0, 0.1) is 0 Å². The molecular formula is C9H11NO2. The lowest BCUT2D eigenvalue weighted by atomic mass is 10.1. The van der Waals surface area contributed by atoms with Crippen LogP contribution in [0.4, 0.5) is 0 Å². The fourth-order valence-electron chi connectivity index (χ4n) is 1.42. The Morgan fingerprint density at radius 3 is 2.58 bits per heavy atom. The average Bonchev–Trinajstić information content (AvgIpc) is 2.73. The first-order valence-electron chi connectivity index (χ1n) is 3.96. The lowest BCUT2D eigenvalue weighted by Gasteiger charge is -2.03. The molecule has 1 aromatic carbocycles. The molecule has 0 aliphatic heterocycles. The van der Waals surface area contributed by atoms with E-state index in [9.17, 15) is 10.2 Å². The molecule has 0 heterocycles. The van der Waals surface area contributed by atoms with E-state index in [1.165, 1.54) is 6.07 Å². The maximum atomic E-state index is 9.42. The third-order valence-corrected chi connectivity index (χ3v) is 2.29. The van der Waals surface area contributed by atoms with Gasteiger partial charge in [0.25, 0.3) is 0 Å². The maximum absolute atomic E-state index is 9.42. The largest absolute Gasteiger partial charge is 0.504 e. The second-order valence-corrected chi connectivity index (χ2v) is 3.22. The summed E-state index contributed by atoms with van der Waals surface area (Å²) in [5, 5.41) is 18.6. The Kier molecular flexibility index (Phi) is 1.48. The molecular weight excluding hydrogens is 154 g/mol. The van der Waals surface area contributed by atoms with Crippen LogP contribution in [0.15, 0.2) is 18.2 Å². The van der Waals surface area contributed by atoms with E-state index in [1.807, 2.05) is 0 Å². The summed E-state index contributed by atoms with van der Waals surface area (Å²) in [6, 6.07) is 5.13. The standard InChI is InChI=1S/C9H11NO2/c10-7-4-6(7)5-2-1-3-8(11)9(5)12/h1-3,6-7,11-12H,4,10H2. The summed E-state index contributed by atoms with van der Waals surface area (Å²) >= 11 is 0. The van der Waals surface area contributed by atoms with Crippen molar-refractivity contribution in [2.75, 3.05) is 0 Å². The van der Waals surface area contributed by atoms with Crippen molar-refractivity contribution in [2.45, 2.75) is 18.4 Å². The van der Waals surface area contributed by atoms with Gasteiger partial charge in [-0.3, -0.25) is 0 Å². The zero-order valence-electron chi connectivity index (χ0n) is 6.57. The topological polar surface area (TPSA) is 66.5 Å². The van der Waals surface area contributed by atoms with Crippen LogP contribution in [0.5, 0.6) is 11.5 Å². The Morgan fingerprint density at radius 2 is 2.00 bits per heavy atom. The van der Waals surface area contributed by atoms with Gasteiger partial charge in [0, 0.05) is 17.5 Å². The molecule has 0 aromatic heterocycles. The van der Waals surface area contributed by atoms with Gasteiger partial charge < -0.3 is 15.9 Å². The molecule has 2 unspecified atom stereocenters. The average molecular weight is 165 g/mol. The summed E-state index contributed by atoms with van der Waals surface area (Å²) in [7, 11) is 0. The molecule has 3 nitrogen and oxygen atoms in total. The fraction of sp³-hybridized carbons (Fsp3) is 0.333. The monoisotopic (exact) mass is 165 g/mol. The SMILES string of the molecule is NC1CC1c1cccc(O)c1O. The molecule has 0 radical (unpaired) electrons. The van der Waals surface area contributed by atoms with Crippen LogP contribution in [-0.2, 0) is 0 Å². The third kappa shape index (κ3) is 1.02. The first-order chi connectivity index (χ1) is 5.70. The van der Waals surface area contributed by atoms with E-state index >= 15 is 0 Å². The molecule has 0 amide bonds. The number of hydrogen-bond donors (Lipinski definition) is 3. The number of para-hydroxylation sites is 1. The van der Waals surface area contributed by atoms with Crippen LogP contribution >= 0.6 is 0 Å². The lowest BCUT2D eigenvalue weighted by Crippen LogP contribution is -2.00. The molecule has 2 atom stereocenters. The Balaban J connectivity index is 2.38. The molecule has 0 spiro atoms. The number of rotatable bonds is 1. The molecule has 0 saturated heterocycles. The van der Waals surface area contributed by atoms with Crippen molar-refractivity contribution in [1.82, 2.24) is 0 Å². The fourth-order valence-corrected chi connectivity index (χ4v) is 1.42. The van der Waals surface area contributed by atoms with Gasteiger partial charge in [0.2, 0.25) is 0 Å². The van der Waals surface area contributed by atoms with Gasteiger partial charge in [0.15, 0.2) is 11.5 Å². The van der Waals surface area contributed by atoms with Crippen molar-refractivity contribution >= 4 is 0 Å². The summed E-state index contributed by atoms with van der Waals surface area (Å²) in [4.78, 5) is 0. The summed E-state index contributed by atoms with van der Waals surface area (Å²) in [6.45, 7) is 0. The second kappa shape index (κ2) is 2.38. The molecule has 4 N–H and O–H groups in total. The van der Waals surface area contributed by atoms with Gasteiger partial charge in [-0.1, -0.05) is 12.1 Å². The zero-order chi connectivity index (χ0) is 8.72. The first kappa shape index (κ1) is 7.43. The second-order valence-electron chi connectivity index (χ2n) is 3.22. The van der Waals surface area contributed by atoms with Gasteiger partial charge in [-0.05, 0) is 12.5 Å². The highest BCUT2D eigenvalue weighted by molar-refractivity contribution is 5.48. The minimum atomic E-state index is -0.0633. The first-order valence-corrected chi connectivity index (χ1v) is 3.96. The van der Waals surface area contributed by atoms with Crippen molar-refractivity contribution in [3.8, 4) is 11.5 Å². The van der Waals surface area contributed by atoms with E-state index in [-0.39, 0.29) is 23.5 Å². The van der Waals surface area contributed by atoms with Gasteiger partial charge in [-0.25, -0.2) is 0 Å². The number of hydrogen-bond acceptors (Lipinski definition) is 3. The number of phenols is 2. The highest BCUT2D eigenvalue weighted by Gasteiger charge is 2.37. The van der Waals surface area contributed by atoms with Gasteiger partial charge in [0.1, 0.15) is 0 Å². The van der Waals surface area contributed by atoms with Crippen LogP contribution in [0.1, 0.15) is 17.9 Å². The molecule has 12 heavy (non-hydrogen) atoms. The molecule has 1 saturated carbocycles. The van der Waals surface area contributed by atoms with Gasteiger partial charge in [0.05, 0.1) is 0 Å². The number of phenolic OH excluding ortho intramolecular Hbond substituents is 2. The van der Waals surface area contributed by atoms with Crippen molar-refractivity contribution in [3.05, 3.63) is 23.8 Å². The lowest BCUT2D eigenvalue weighted by molar-refractivity contribution is 0.399. The summed E-state index contributed by atoms with van der Waals surface area (Å²) in [5.41, 5.74) is 6.39. The van der Waals surface area contributed by atoms with Crippen molar-refractivity contribution in [2.24, 2.45) is 5.73 Å². The molecule has 1 aromatic rings. The van der Waals surface area contributed by atoms with Crippen LogP contribution < -0.4 is 5.73 Å². The molecule has 3 heteroatoms. The van der Waals surface area contributed by atoms with E-state index in [0.717, 1.165) is 12.0 Å². The Bertz CT molecular complexity index is 311. The van der Waals surface area contributed by atoms with Gasteiger partial charge in [-0.15, -0.1) is 0 Å². The Hall–Kier alpha value is -1.22. The van der Waals surface area contributed by atoms with E-state index < -0.39 is 0 Å². The minimum Gasteiger partial charge on any atom is -0.504 e. The van der Waals surface area contributed by atoms with Crippen molar-refractivity contribution < 1.29 is 10.2 Å². The molecule has 1 fully saturated rings.